The Bertz CT molecular complexity index is 2030. The molecule has 0 saturated carbocycles. The van der Waals surface area contributed by atoms with Crippen molar-refractivity contribution in [1.29, 1.82) is 0 Å². The van der Waals surface area contributed by atoms with Gasteiger partial charge in [-0.05, 0) is 42.1 Å². The van der Waals surface area contributed by atoms with Crippen molar-refractivity contribution in [2.75, 3.05) is 33.4 Å². The molecule has 0 saturated heterocycles. The Kier molecular flexibility index (Phi) is 11.7. The van der Waals surface area contributed by atoms with E-state index in [0.29, 0.717) is 47.0 Å². The molecule has 0 unspecified atom stereocenters. The lowest BCUT2D eigenvalue weighted by Gasteiger charge is -2.33. The second-order valence-corrected chi connectivity index (χ2v) is 12.2. The summed E-state index contributed by atoms with van der Waals surface area (Å²) in [4.78, 5) is 30.8. The minimum absolute atomic E-state index is 0. The van der Waals surface area contributed by atoms with Gasteiger partial charge in [-0.1, -0.05) is 38.6 Å². The number of pyridine rings is 1. The number of fused-ring (bicyclic) bond motifs is 2. The lowest BCUT2D eigenvalue weighted by molar-refractivity contribution is -0.129. The number of hydrogen-bond acceptors (Lipinski definition) is 8. The van der Waals surface area contributed by atoms with Crippen LogP contribution in [0.5, 0.6) is 5.75 Å². The van der Waals surface area contributed by atoms with Gasteiger partial charge < -0.3 is 25.4 Å². The van der Waals surface area contributed by atoms with Gasteiger partial charge in [-0.25, -0.2) is 13.8 Å². The molecule has 1 aliphatic rings. The maximum atomic E-state index is 16.1. The van der Waals surface area contributed by atoms with E-state index in [-0.39, 0.29) is 44.4 Å². The smallest absolute Gasteiger partial charge is 0.246 e. The van der Waals surface area contributed by atoms with E-state index in [1.54, 1.807) is 4.90 Å². The van der Waals surface area contributed by atoms with E-state index >= 15 is 4.39 Å². The molecule has 3 aromatic heterocycles. The van der Waals surface area contributed by atoms with Crippen LogP contribution in [-0.4, -0.2) is 64.9 Å². The summed E-state index contributed by atoms with van der Waals surface area (Å²) in [6, 6.07) is 13.2. The van der Waals surface area contributed by atoms with Crippen LogP contribution < -0.4 is 15.8 Å². The lowest BCUT2D eigenvalue weighted by Crippen LogP contribution is -2.40. The third-order valence-electron chi connectivity index (χ3n) is 8.21. The summed E-state index contributed by atoms with van der Waals surface area (Å²) in [6.07, 6.45) is 1.29. The fourth-order valence-electron chi connectivity index (χ4n) is 6.00. The molecule has 0 spiro atoms. The first kappa shape index (κ1) is 36.3. The van der Waals surface area contributed by atoms with Crippen molar-refractivity contribution in [1.82, 2.24) is 25.0 Å². The zero-order valence-electron chi connectivity index (χ0n) is 28.5. The van der Waals surface area contributed by atoms with Crippen LogP contribution in [0.2, 0.25) is 0 Å². The molecule has 2 aromatic carbocycles. The first-order valence-corrected chi connectivity index (χ1v) is 17.2. The number of nitrogens with two attached hydrogens (primary N) is 1. The van der Waals surface area contributed by atoms with Crippen molar-refractivity contribution in [3.8, 4) is 39.5 Å². The minimum atomic E-state index is -0.810. The number of hydrogen-bond donors (Lipinski definition) is 2. The number of amides is 2. The molecule has 5 aromatic rings. The van der Waals surface area contributed by atoms with Gasteiger partial charge in [0.2, 0.25) is 11.8 Å². The van der Waals surface area contributed by atoms with Crippen molar-refractivity contribution in [3.63, 3.8) is 0 Å². The second-order valence-electron chi connectivity index (χ2n) is 11.3. The number of halogens is 2. The van der Waals surface area contributed by atoms with Gasteiger partial charge in [0.1, 0.15) is 35.4 Å². The summed E-state index contributed by atoms with van der Waals surface area (Å²) >= 11 is 1.40. The summed E-state index contributed by atoms with van der Waals surface area (Å²) in [7, 11) is 1.51. The SMILES string of the molecule is C=CC(=O)N1CCn2nc(-c3nc(-c4cccc(CNCC(N)=O)c4)c4ccsc4c3-c3c(F)cc(F)cc3OCCOC)cc2[C@H]1C.CC.[HH]. The number of methoxy groups -OCH3 is 1. The summed E-state index contributed by atoms with van der Waals surface area (Å²) < 4.78 is 44.3. The molecule has 1 aliphatic heterocycles. The number of ether oxygens (including phenoxy) is 2. The molecule has 3 N–H and O–H groups in total. The normalized spacial score (nSPS) is 13.8. The van der Waals surface area contributed by atoms with Crippen LogP contribution in [0.1, 0.15) is 39.5 Å². The molecular weight excluding hydrogens is 663 g/mol. The van der Waals surface area contributed by atoms with Crippen molar-refractivity contribution >= 4 is 33.2 Å². The molecule has 6 rings (SSSR count). The molecular formula is C37H42F2N6O4S. The average Bonchev–Trinajstić information content (AvgIpc) is 3.77. The molecule has 13 heteroatoms. The highest BCUT2D eigenvalue weighted by atomic mass is 32.1. The largest absolute Gasteiger partial charge is 0.490 e. The van der Waals surface area contributed by atoms with E-state index in [0.717, 1.165) is 34.3 Å². The third-order valence-corrected chi connectivity index (χ3v) is 9.14. The first-order chi connectivity index (χ1) is 24.2. The molecule has 0 radical (unpaired) electrons. The summed E-state index contributed by atoms with van der Waals surface area (Å²) in [5.41, 5.74) is 9.71. The number of benzene rings is 2. The molecule has 10 nitrogen and oxygen atoms in total. The number of primary amides is 1. The second kappa shape index (κ2) is 16.2. The number of carbonyl (C=O) groups excluding carboxylic acids is 2. The van der Waals surface area contributed by atoms with E-state index in [9.17, 15) is 14.0 Å². The zero-order chi connectivity index (χ0) is 35.9. The topological polar surface area (TPSA) is 125 Å². The third kappa shape index (κ3) is 7.44. The van der Waals surface area contributed by atoms with E-state index in [1.165, 1.54) is 24.5 Å². The lowest BCUT2D eigenvalue weighted by atomic mass is 9.96. The van der Waals surface area contributed by atoms with Crippen LogP contribution in [-0.2, 0) is 27.4 Å². The highest BCUT2D eigenvalue weighted by Crippen LogP contribution is 2.47. The van der Waals surface area contributed by atoms with Gasteiger partial charge in [0.05, 0.1) is 42.7 Å². The number of aromatic nitrogens is 3. The van der Waals surface area contributed by atoms with Crippen LogP contribution in [0.4, 0.5) is 8.78 Å². The standard InChI is InChI=1S/C35H34F2N6O4S.C2H6.H2/c1-4-30(45)42-9-10-43-27(20(42)2)17-26(41-43)34-32(31-25(37)15-23(36)16-28(31)47-12-11-46-3)35-24(8-13-48-35)33(40-34)22-7-5-6-21(14-22)18-39-19-29(38)44;1-2;/h4-8,13-17,20,39H,1,9-12,18-19H2,2-3H3,(H2,38,44);1-2H3;1H/t20-;;/m1../s1. The van der Waals surface area contributed by atoms with Gasteiger partial charge in [-0.2, -0.15) is 5.10 Å². The summed E-state index contributed by atoms with van der Waals surface area (Å²) in [5, 5.41) is 10.6. The van der Waals surface area contributed by atoms with Crippen molar-refractivity contribution in [3.05, 3.63) is 89.5 Å². The van der Waals surface area contributed by atoms with E-state index in [2.05, 4.69) is 11.9 Å². The molecule has 0 bridgehead atoms. The Morgan fingerprint density at radius 2 is 1.92 bits per heavy atom. The number of thiophene rings is 1. The predicted molar refractivity (Wildman–Crippen MR) is 194 cm³/mol. The number of nitrogens with zero attached hydrogens (tertiary/aromatic N) is 4. The average molecular weight is 705 g/mol. The van der Waals surface area contributed by atoms with E-state index < -0.39 is 17.5 Å². The van der Waals surface area contributed by atoms with Gasteiger partial charge in [0.15, 0.2) is 0 Å². The Labute approximate surface area is 295 Å². The van der Waals surface area contributed by atoms with Crippen LogP contribution >= 0.6 is 11.3 Å². The van der Waals surface area contributed by atoms with Crippen molar-refractivity contribution in [2.45, 2.75) is 39.9 Å². The first-order valence-electron chi connectivity index (χ1n) is 16.3. The summed E-state index contributed by atoms with van der Waals surface area (Å²) in [5.74, 6) is -2.22. The maximum absolute atomic E-state index is 16.1. The monoisotopic (exact) mass is 704 g/mol. The van der Waals surface area contributed by atoms with E-state index in [4.69, 9.17) is 25.3 Å². The molecule has 50 heavy (non-hydrogen) atoms. The van der Waals surface area contributed by atoms with E-state index in [1.807, 2.05) is 67.2 Å². The quantitative estimate of drug-likeness (QED) is 0.109. The van der Waals surface area contributed by atoms with Gasteiger partial charge >= 0.3 is 0 Å². The zero-order valence-corrected chi connectivity index (χ0v) is 29.3. The predicted octanol–water partition coefficient (Wildman–Crippen LogP) is 6.73. The number of carbonyl (C=O) groups is 2. The highest BCUT2D eigenvalue weighted by molar-refractivity contribution is 7.18. The molecule has 1 atom stereocenters. The van der Waals surface area contributed by atoms with Crippen molar-refractivity contribution in [2.24, 2.45) is 5.73 Å². The van der Waals surface area contributed by atoms with Gasteiger partial charge in [0, 0.05) is 55.0 Å². The number of rotatable bonds is 12. The number of nitrogens with one attached hydrogen (secondary N) is 1. The fraction of sp³-hybridized carbons (Fsp3) is 0.297. The van der Waals surface area contributed by atoms with Crippen LogP contribution in [0, 0.1) is 11.6 Å². The van der Waals surface area contributed by atoms with Gasteiger partial charge in [0.25, 0.3) is 0 Å². The van der Waals surface area contributed by atoms with Crippen LogP contribution in [0.25, 0.3) is 43.9 Å². The molecule has 264 valence electrons. The molecule has 2 amide bonds. The molecule has 4 heterocycles. The molecule has 0 aliphatic carbocycles. The van der Waals surface area contributed by atoms with Gasteiger partial charge in [-0.3, -0.25) is 14.3 Å². The Hall–Kier alpha value is -4.98. The molecule has 0 fully saturated rings. The maximum Gasteiger partial charge on any atom is 0.246 e. The Morgan fingerprint density at radius 3 is 2.66 bits per heavy atom. The van der Waals surface area contributed by atoms with Gasteiger partial charge in [-0.15, -0.1) is 11.3 Å². The van der Waals surface area contributed by atoms with Crippen LogP contribution in [0.3, 0.4) is 0 Å². The fourth-order valence-corrected chi connectivity index (χ4v) is 6.95. The summed E-state index contributed by atoms with van der Waals surface area (Å²) in [6.45, 7) is 11.2. The highest BCUT2D eigenvalue weighted by Gasteiger charge is 2.31. The van der Waals surface area contributed by atoms with Crippen molar-refractivity contribution < 1.29 is 29.3 Å². The Balaban J connectivity index is 0.00000191. The van der Waals surface area contributed by atoms with Crippen LogP contribution in [0.15, 0.2) is 66.6 Å². The Morgan fingerprint density at radius 1 is 1.12 bits per heavy atom. The minimum Gasteiger partial charge on any atom is -0.490 e.